The Hall–Kier alpha value is -1.23. The summed E-state index contributed by atoms with van der Waals surface area (Å²) in [4.78, 5) is 0. The van der Waals surface area contributed by atoms with Crippen molar-refractivity contribution in [2.45, 2.75) is 12.2 Å². The van der Waals surface area contributed by atoms with Crippen molar-refractivity contribution in [2.75, 3.05) is 11.5 Å². The molecule has 0 saturated heterocycles. The number of hydrogen-bond donors (Lipinski definition) is 5. The highest BCUT2D eigenvalue weighted by molar-refractivity contribution is 7.80. The van der Waals surface area contributed by atoms with Crippen LogP contribution in [-0.4, -0.2) is 32.3 Å². The van der Waals surface area contributed by atoms with Gasteiger partial charge in [-0.1, -0.05) is 0 Å². The van der Waals surface area contributed by atoms with Gasteiger partial charge in [-0.2, -0.15) is 23.0 Å². The molecule has 0 aliphatic rings. The van der Waals surface area contributed by atoms with Gasteiger partial charge in [0.2, 0.25) is 0 Å². The Morgan fingerprint density at radius 2 is 2.29 bits per heavy atom. The second kappa shape index (κ2) is 4.32. The summed E-state index contributed by atoms with van der Waals surface area (Å²) in [6, 6.07) is 1.79. The molecule has 0 radical (unpaired) electrons. The van der Waals surface area contributed by atoms with Crippen molar-refractivity contribution in [2.24, 2.45) is 0 Å². The fourth-order valence-electron chi connectivity index (χ4n) is 0.994. The second-order valence-corrected chi connectivity index (χ2v) is 3.07. The molecule has 0 amide bonds. The van der Waals surface area contributed by atoms with Gasteiger partial charge < -0.3 is 15.9 Å². The summed E-state index contributed by atoms with van der Waals surface area (Å²) in [6.45, 7) is 0. The van der Waals surface area contributed by atoms with Crippen LogP contribution < -0.4 is 5.73 Å². The standard InChI is InChI=1S/C7H10N4O2S/c8-1-3-5(10-11-7(3)9)6(13)4(12)2-14/h4,6,12-14H,2H2,(H3,9,10,11). The van der Waals surface area contributed by atoms with Crippen LogP contribution in [0.5, 0.6) is 0 Å². The maximum absolute atomic E-state index is 9.54. The number of nitrogens with two attached hydrogens (primary N) is 1. The Kier molecular flexibility index (Phi) is 3.35. The average molecular weight is 214 g/mol. The lowest BCUT2D eigenvalue weighted by molar-refractivity contribution is 0.0308. The fraction of sp³-hybridized carbons (Fsp3) is 0.429. The number of aliphatic hydroxyl groups is 2. The minimum absolute atomic E-state index is 0.00733. The highest BCUT2D eigenvalue weighted by Gasteiger charge is 2.23. The quantitative estimate of drug-likeness (QED) is 0.421. The van der Waals surface area contributed by atoms with Gasteiger partial charge >= 0.3 is 0 Å². The molecule has 1 heterocycles. The van der Waals surface area contributed by atoms with E-state index in [1.165, 1.54) is 0 Å². The summed E-state index contributed by atoms with van der Waals surface area (Å²) in [7, 11) is 0. The van der Waals surface area contributed by atoms with Crippen molar-refractivity contribution >= 4 is 18.4 Å². The molecule has 0 aliphatic carbocycles. The monoisotopic (exact) mass is 214 g/mol. The molecule has 2 atom stereocenters. The zero-order valence-electron chi connectivity index (χ0n) is 7.18. The highest BCUT2D eigenvalue weighted by Crippen LogP contribution is 2.22. The first-order valence-electron chi connectivity index (χ1n) is 3.82. The van der Waals surface area contributed by atoms with E-state index >= 15 is 0 Å². The van der Waals surface area contributed by atoms with E-state index in [2.05, 4.69) is 22.8 Å². The number of anilines is 1. The van der Waals surface area contributed by atoms with Crippen LogP contribution in [0.25, 0.3) is 0 Å². The lowest BCUT2D eigenvalue weighted by Crippen LogP contribution is -2.20. The third-order valence-corrected chi connectivity index (χ3v) is 2.16. The number of thiol groups is 1. The number of aromatic amines is 1. The second-order valence-electron chi connectivity index (χ2n) is 2.70. The Labute approximate surface area is 85.8 Å². The van der Waals surface area contributed by atoms with E-state index < -0.39 is 12.2 Å². The number of aromatic nitrogens is 2. The van der Waals surface area contributed by atoms with Crippen LogP contribution in [-0.2, 0) is 0 Å². The van der Waals surface area contributed by atoms with Gasteiger partial charge in [0.15, 0.2) is 5.82 Å². The van der Waals surface area contributed by atoms with Crippen molar-refractivity contribution < 1.29 is 10.2 Å². The van der Waals surface area contributed by atoms with Gasteiger partial charge in [-0.3, -0.25) is 5.10 Å². The van der Waals surface area contributed by atoms with Crippen molar-refractivity contribution in [3.05, 3.63) is 11.3 Å². The van der Waals surface area contributed by atoms with E-state index in [1.54, 1.807) is 6.07 Å². The Bertz CT molecular complexity index is 359. The lowest BCUT2D eigenvalue weighted by Gasteiger charge is -2.13. The summed E-state index contributed by atoms with van der Waals surface area (Å²) < 4.78 is 0. The van der Waals surface area contributed by atoms with Crippen LogP contribution in [0.3, 0.4) is 0 Å². The molecule has 0 saturated carbocycles. The van der Waals surface area contributed by atoms with Crippen LogP contribution in [0.1, 0.15) is 17.4 Å². The first-order valence-corrected chi connectivity index (χ1v) is 4.45. The molecule has 1 rings (SSSR count). The van der Waals surface area contributed by atoms with Gasteiger partial charge in [-0.05, 0) is 0 Å². The number of nitrogen functional groups attached to an aromatic ring is 1. The lowest BCUT2D eigenvalue weighted by atomic mass is 10.1. The van der Waals surface area contributed by atoms with Gasteiger partial charge in [0.1, 0.15) is 17.7 Å². The summed E-state index contributed by atoms with van der Waals surface area (Å²) >= 11 is 3.82. The summed E-state index contributed by atoms with van der Waals surface area (Å²) in [5.41, 5.74) is 5.53. The van der Waals surface area contributed by atoms with E-state index in [0.717, 1.165) is 0 Å². The molecule has 76 valence electrons. The summed E-state index contributed by atoms with van der Waals surface area (Å²) in [6.07, 6.45) is -2.29. The van der Waals surface area contributed by atoms with E-state index in [0.29, 0.717) is 0 Å². The Balaban J connectivity index is 3.02. The fourth-order valence-corrected chi connectivity index (χ4v) is 1.19. The van der Waals surface area contributed by atoms with Gasteiger partial charge in [0.25, 0.3) is 0 Å². The molecule has 2 unspecified atom stereocenters. The molecule has 0 bridgehead atoms. The number of aliphatic hydroxyl groups excluding tert-OH is 2. The van der Waals surface area contributed by atoms with Gasteiger partial charge in [-0.25, -0.2) is 0 Å². The molecule has 0 spiro atoms. The van der Waals surface area contributed by atoms with Crippen LogP contribution >= 0.6 is 12.6 Å². The number of nitriles is 1. The van der Waals surface area contributed by atoms with Crippen molar-refractivity contribution in [1.82, 2.24) is 10.2 Å². The normalized spacial score (nSPS) is 14.7. The first-order chi connectivity index (χ1) is 6.61. The van der Waals surface area contributed by atoms with Gasteiger partial charge in [0, 0.05) is 5.75 Å². The Morgan fingerprint density at radius 1 is 1.64 bits per heavy atom. The highest BCUT2D eigenvalue weighted by atomic mass is 32.1. The van der Waals surface area contributed by atoms with E-state index in [-0.39, 0.29) is 22.8 Å². The molecular formula is C7H10N4O2S. The number of nitrogens with zero attached hydrogens (tertiary/aromatic N) is 2. The zero-order chi connectivity index (χ0) is 10.7. The minimum atomic E-state index is -1.23. The number of H-pyrrole nitrogens is 1. The summed E-state index contributed by atoms with van der Waals surface area (Å²) in [5, 5.41) is 33.5. The largest absolute Gasteiger partial charge is 0.389 e. The smallest absolute Gasteiger partial charge is 0.163 e. The van der Waals surface area contributed by atoms with E-state index in [9.17, 15) is 10.2 Å². The predicted octanol–water partition coefficient (Wildman–Crippen LogP) is -0.812. The molecule has 0 aliphatic heterocycles. The van der Waals surface area contributed by atoms with Crippen LogP contribution in [0.15, 0.2) is 0 Å². The number of nitrogens with one attached hydrogen (secondary N) is 1. The molecule has 1 aromatic heterocycles. The average Bonchev–Trinajstić information content (AvgIpc) is 2.57. The van der Waals surface area contributed by atoms with Crippen molar-refractivity contribution in [3.8, 4) is 6.07 Å². The van der Waals surface area contributed by atoms with Crippen LogP contribution in [0, 0.1) is 11.3 Å². The molecule has 14 heavy (non-hydrogen) atoms. The van der Waals surface area contributed by atoms with Gasteiger partial charge in [-0.15, -0.1) is 0 Å². The molecule has 0 aromatic carbocycles. The summed E-state index contributed by atoms with van der Waals surface area (Å²) in [5.74, 6) is 0.0817. The molecular weight excluding hydrogens is 204 g/mol. The van der Waals surface area contributed by atoms with Crippen molar-refractivity contribution in [1.29, 1.82) is 5.26 Å². The Morgan fingerprint density at radius 3 is 2.79 bits per heavy atom. The zero-order valence-corrected chi connectivity index (χ0v) is 8.07. The molecule has 7 heteroatoms. The van der Waals surface area contributed by atoms with Crippen LogP contribution in [0.2, 0.25) is 0 Å². The first kappa shape index (κ1) is 10.8. The SMILES string of the molecule is N#Cc1c(N)n[nH]c1C(O)C(O)CS. The maximum Gasteiger partial charge on any atom is 0.163 e. The van der Waals surface area contributed by atoms with Crippen molar-refractivity contribution in [3.63, 3.8) is 0 Å². The number of hydrogen-bond acceptors (Lipinski definition) is 6. The molecule has 0 fully saturated rings. The molecule has 1 aromatic rings. The topological polar surface area (TPSA) is 119 Å². The van der Waals surface area contributed by atoms with Crippen LogP contribution in [0.4, 0.5) is 5.82 Å². The molecule has 6 nitrogen and oxygen atoms in total. The predicted molar refractivity (Wildman–Crippen MR) is 52.5 cm³/mol. The van der Waals surface area contributed by atoms with E-state index in [4.69, 9.17) is 11.0 Å². The third-order valence-electron chi connectivity index (χ3n) is 1.78. The van der Waals surface area contributed by atoms with E-state index in [1.807, 2.05) is 0 Å². The third kappa shape index (κ3) is 1.82. The number of rotatable bonds is 3. The maximum atomic E-state index is 9.54. The minimum Gasteiger partial charge on any atom is -0.389 e. The molecule has 5 N–H and O–H groups in total. The van der Waals surface area contributed by atoms with Gasteiger partial charge in [0.05, 0.1) is 11.8 Å².